The van der Waals surface area contributed by atoms with Crippen molar-refractivity contribution in [3.8, 4) is 11.3 Å². The van der Waals surface area contributed by atoms with Crippen LogP contribution in [0.15, 0.2) is 35.4 Å². The second-order valence-electron chi connectivity index (χ2n) is 8.01. The molecule has 0 bridgehead atoms. The van der Waals surface area contributed by atoms with E-state index in [1.54, 1.807) is 0 Å². The van der Waals surface area contributed by atoms with Crippen molar-refractivity contribution in [1.29, 1.82) is 0 Å². The van der Waals surface area contributed by atoms with Crippen LogP contribution in [-0.4, -0.2) is 19.2 Å². The lowest BCUT2D eigenvalue weighted by atomic mass is 9.74. The van der Waals surface area contributed by atoms with Crippen molar-refractivity contribution >= 4 is 9.84 Å². The van der Waals surface area contributed by atoms with Crippen molar-refractivity contribution in [3.05, 3.63) is 47.9 Å². The van der Waals surface area contributed by atoms with Gasteiger partial charge in [0.05, 0.1) is 16.8 Å². The van der Waals surface area contributed by atoms with Crippen LogP contribution in [0.4, 0.5) is 13.2 Å². The Labute approximate surface area is 157 Å². The second kappa shape index (κ2) is 7.26. The van der Waals surface area contributed by atoms with Crippen LogP contribution in [-0.2, 0) is 9.84 Å². The van der Waals surface area contributed by atoms with Gasteiger partial charge in [0.2, 0.25) is 0 Å². The van der Waals surface area contributed by atoms with E-state index in [1.165, 1.54) is 12.1 Å². The van der Waals surface area contributed by atoms with Crippen molar-refractivity contribution in [2.75, 3.05) is 5.75 Å². The summed E-state index contributed by atoms with van der Waals surface area (Å²) in [5.74, 6) is -2.74. The Balaban J connectivity index is 1.82. The summed E-state index contributed by atoms with van der Waals surface area (Å²) >= 11 is 0. The van der Waals surface area contributed by atoms with E-state index in [2.05, 4.69) is 18.8 Å². The van der Waals surface area contributed by atoms with Crippen molar-refractivity contribution in [2.24, 2.45) is 11.3 Å². The number of pyridine rings is 1. The Hall–Kier alpha value is -1.89. The van der Waals surface area contributed by atoms with Crippen LogP contribution in [0.3, 0.4) is 0 Å². The molecular formula is C20H22F3NO2S. The highest BCUT2D eigenvalue weighted by Gasteiger charge is 2.30. The summed E-state index contributed by atoms with van der Waals surface area (Å²) in [6.45, 7) is 4.35. The first-order valence-electron chi connectivity index (χ1n) is 8.91. The molecule has 1 heterocycles. The molecule has 0 saturated heterocycles. The molecule has 1 aromatic heterocycles. The highest BCUT2D eigenvalue weighted by Crippen LogP contribution is 2.39. The molecule has 7 heteroatoms. The van der Waals surface area contributed by atoms with Crippen LogP contribution in [0.5, 0.6) is 0 Å². The fraction of sp³-hybridized carbons (Fsp3) is 0.450. The van der Waals surface area contributed by atoms with Crippen LogP contribution in [0.25, 0.3) is 11.3 Å². The largest absolute Gasteiger partial charge is 0.250 e. The van der Waals surface area contributed by atoms with Gasteiger partial charge >= 0.3 is 0 Å². The number of halogens is 3. The summed E-state index contributed by atoms with van der Waals surface area (Å²) in [7, 11) is -3.65. The van der Waals surface area contributed by atoms with Gasteiger partial charge in [-0.05, 0) is 55.2 Å². The lowest BCUT2D eigenvalue weighted by Crippen LogP contribution is -2.26. The van der Waals surface area contributed by atoms with Crippen molar-refractivity contribution in [2.45, 2.75) is 44.4 Å². The van der Waals surface area contributed by atoms with E-state index in [1.807, 2.05) is 0 Å². The minimum Gasteiger partial charge on any atom is -0.250 e. The molecular weight excluding hydrogens is 375 g/mol. The average molecular weight is 397 g/mol. The topological polar surface area (TPSA) is 47.0 Å². The Morgan fingerprint density at radius 3 is 2.33 bits per heavy atom. The average Bonchev–Trinajstić information content (AvgIpc) is 2.57. The molecule has 0 amide bonds. The second-order valence-corrected chi connectivity index (χ2v) is 10.0. The number of sulfone groups is 1. The van der Waals surface area contributed by atoms with Gasteiger partial charge in [-0.3, -0.25) is 4.98 Å². The highest BCUT2D eigenvalue weighted by atomic mass is 32.2. The molecule has 0 aliphatic heterocycles. The van der Waals surface area contributed by atoms with E-state index in [0.29, 0.717) is 6.07 Å². The molecule has 1 fully saturated rings. The number of benzene rings is 1. The molecule has 0 spiro atoms. The maximum atomic E-state index is 14.5. The van der Waals surface area contributed by atoms with Crippen molar-refractivity contribution < 1.29 is 21.6 Å². The first kappa shape index (κ1) is 19.9. The van der Waals surface area contributed by atoms with Gasteiger partial charge in [0.1, 0.15) is 17.3 Å². The molecule has 0 radical (unpaired) electrons. The van der Waals surface area contributed by atoms with Crippen LogP contribution >= 0.6 is 0 Å². The third kappa shape index (κ3) is 4.51. The molecule has 0 unspecified atom stereocenters. The predicted molar refractivity (Wildman–Crippen MR) is 97.3 cm³/mol. The molecule has 3 rings (SSSR count). The Kier molecular flexibility index (Phi) is 5.34. The van der Waals surface area contributed by atoms with Gasteiger partial charge in [0, 0.05) is 11.6 Å². The quantitative estimate of drug-likeness (QED) is 0.716. The molecule has 0 atom stereocenters. The molecule has 1 aromatic carbocycles. The van der Waals surface area contributed by atoms with Gasteiger partial charge in [0.15, 0.2) is 15.7 Å². The summed E-state index contributed by atoms with van der Waals surface area (Å²) in [4.78, 5) is 3.44. The van der Waals surface area contributed by atoms with Gasteiger partial charge in [-0.1, -0.05) is 13.8 Å². The summed E-state index contributed by atoms with van der Waals surface area (Å²) in [6, 6.07) is 3.93. The standard InChI is InChI=1S/C20H22F3NO2S/c1-20(2)7-5-13(6-8-20)12-27(25,26)15-3-4-16(17(22)10-15)19-18(23)9-14(21)11-24-19/h3-4,9-11,13H,5-8,12H2,1-2H3. The zero-order valence-electron chi connectivity index (χ0n) is 15.3. The summed E-state index contributed by atoms with van der Waals surface area (Å²) in [5.41, 5.74) is -0.321. The number of aromatic nitrogens is 1. The van der Waals surface area contributed by atoms with Crippen LogP contribution in [0.2, 0.25) is 0 Å². The monoisotopic (exact) mass is 397 g/mol. The van der Waals surface area contributed by atoms with Gasteiger partial charge < -0.3 is 0 Å². The van der Waals surface area contributed by atoms with Gasteiger partial charge in [0.25, 0.3) is 0 Å². The van der Waals surface area contributed by atoms with E-state index < -0.39 is 27.3 Å². The number of rotatable bonds is 4. The number of hydrogen-bond donors (Lipinski definition) is 0. The predicted octanol–water partition coefficient (Wildman–Crippen LogP) is 5.16. The molecule has 0 N–H and O–H groups in total. The van der Waals surface area contributed by atoms with Crippen LogP contribution < -0.4 is 0 Å². The van der Waals surface area contributed by atoms with Gasteiger partial charge in [-0.25, -0.2) is 21.6 Å². The molecule has 1 saturated carbocycles. The number of nitrogens with zero attached hydrogens (tertiary/aromatic N) is 1. The van der Waals surface area contributed by atoms with Crippen LogP contribution in [0, 0.1) is 28.8 Å². The minimum atomic E-state index is -3.65. The highest BCUT2D eigenvalue weighted by molar-refractivity contribution is 7.91. The van der Waals surface area contributed by atoms with Crippen LogP contribution in [0.1, 0.15) is 39.5 Å². The van der Waals surface area contributed by atoms with Gasteiger partial charge in [-0.2, -0.15) is 0 Å². The van der Waals surface area contributed by atoms with Crippen molar-refractivity contribution in [1.82, 2.24) is 4.98 Å². The SMILES string of the molecule is CC1(C)CCC(CS(=O)(=O)c2ccc(-c3ncc(F)cc3F)c(F)c2)CC1. The Morgan fingerprint density at radius 2 is 1.74 bits per heavy atom. The fourth-order valence-corrected chi connectivity index (χ4v) is 5.23. The first-order chi connectivity index (χ1) is 12.6. The summed E-state index contributed by atoms with van der Waals surface area (Å²) in [5, 5.41) is 0. The van der Waals surface area contributed by atoms with E-state index in [0.717, 1.165) is 37.9 Å². The maximum absolute atomic E-state index is 14.5. The van der Waals surface area contributed by atoms with E-state index in [-0.39, 0.29) is 33.2 Å². The molecule has 27 heavy (non-hydrogen) atoms. The third-order valence-electron chi connectivity index (χ3n) is 5.28. The van der Waals surface area contributed by atoms with Gasteiger partial charge in [-0.15, -0.1) is 0 Å². The fourth-order valence-electron chi connectivity index (χ4n) is 3.53. The molecule has 2 aromatic rings. The molecule has 1 aliphatic carbocycles. The van der Waals surface area contributed by atoms with E-state index >= 15 is 0 Å². The number of hydrogen-bond acceptors (Lipinski definition) is 3. The third-order valence-corrected chi connectivity index (χ3v) is 7.16. The first-order valence-corrected chi connectivity index (χ1v) is 10.6. The molecule has 1 aliphatic rings. The normalized spacial score (nSPS) is 17.8. The van der Waals surface area contributed by atoms with E-state index in [9.17, 15) is 21.6 Å². The maximum Gasteiger partial charge on any atom is 0.178 e. The smallest absolute Gasteiger partial charge is 0.178 e. The lowest BCUT2D eigenvalue weighted by molar-refractivity contribution is 0.202. The lowest BCUT2D eigenvalue weighted by Gasteiger charge is -2.34. The Bertz CT molecular complexity index is 948. The zero-order valence-corrected chi connectivity index (χ0v) is 16.1. The summed E-state index contributed by atoms with van der Waals surface area (Å²) in [6.07, 6.45) is 4.38. The Morgan fingerprint density at radius 1 is 1.07 bits per heavy atom. The molecule has 146 valence electrons. The molecule has 3 nitrogen and oxygen atoms in total. The minimum absolute atomic E-state index is 0.0228. The zero-order chi connectivity index (χ0) is 19.8. The van der Waals surface area contributed by atoms with E-state index in [4.69, 9.17) is 0 Å². The van der Waals surface area contributed by atoms with Crippen molar-refractivity contribution in [3.63, 3.8) is 0 Å². The summed E-state index contributed by atoms with van der Waals surface area (Å²) < 4.78 is 66.6.